The van der Waals surface area contributed by atoms with Crippen molar-refractivity contribution in [2.75, 3.05) is 26.2 Å². The lowest BCUT2D eigenvalue weighted by atomic mass is 10.1. The van der Waals surface area contributed by atoms with Crippen molar-refractivity contribution in [1.29, 1.82) is 0 Å². The van der Waals surface area contributed by atoms with Gasteiger partial charge in [0.25, 0.3) is 0 Å². The maximum absolute atomic E-state index is 12.8. The molecule has 0 spiro atoms. The summed E-state index contributed by atoms with van der Waals surface area (Å²) in [6.45, 7) is 4.95. The summed E-state index contributed by atoms with van der Waals surface area (Å²) in [5, 5.41) is 1.33. The van der Waals surface area contributed by atoms with E-state index in [0.717, 1.165) is 38.4 Å². The number of amides is 2. The molecule has 2 saturated heterocycles. The molecule has 5 rings (SSSR count). The summed E-state index contributed by atoms with van der Waals surface area (Å²) in [5.74, 6) is 0. The first-order valence-electron chi connectivity index (χ1n) is 9.90. The minimum Gasteiger partial charge on any atom is -0.350 e. The van der Waals surface area contributed by atoms with E-state index in [9.17, 15) is 4.79 Å². The first-order chi connectivity index (χ1) is 13.7. The van der Waals surface area contributed by atoms with Crippen LogP contribution in [0.4, 0.5) is 4.79 Å². The lowest BCUT2D eigenvalue weighted by Crippen LogP contribution is -2.51. The van der Waals surface area contributed by atoms with E-state index >= 15 is 0 Å². The van der Waals surface area contributed by atoms with Gasteiger partial charge in [0.2, 0.25) is 0 Å². The summed E-state index contributed by atoms with van der Waals surface area (Å²) in [4.78, 5) is 23.6. The third-order valence-corrected chi connectivity index (χ3v) is 5.97. The smallest absolute Gasteiger partial charge is 0.320 e. The zero-order chi connectivity index (χ0) is 19.1. The van der Waals surface area contributed by atoms with Crippen molar-refractivity contribution in [3.05, 3.63) is 66.1 Å². The summed E-state index contributed by atoms with van der Waals surface area (Å²) in [6, 6.07) is 14.8. The van der Waals surface area contributed by atoms with E-state index in [-0.39, 0.29) is 12.1 Å². The largest absolute Gasteiger partial charge is 0.350 e. The molecule has 1 atom stereocenters. The molecule has 28 heavy (non-hydrogen) atoms. The molecular formula is C22H25N5O. The molecule has 3 aromatic rings. The molecule has 6 nitrogen and oxygen atoms in total. The predicted octanol–water partition coefficient (Wildman–Crippen LogP) is 2.70. The van der Waals surface area contributed by atoms with Crippen LogP contribution in [0, 0.1) is 0 Å². The second-order valence-electron chi connectivity index (χ2n) is 7.85. The Bertz CT molecular complexity index is 999. The molecule has 0 N–H and O–H groups in total. The molecule has 0 aliphatic carbocycles. The second kappa shape index (κ2) is 6.95. The Balaban J connectivity index is 1.28. The monoisotopic (exact) mass is 375 g/mol. The number of hydrogen-bond acceptors (Lipinski definition) is 3. The molecule has 2 fully saturated rings. The Morgan fingerprint density at radius 2 is 1.89 bits per heavy atom. The molecule has 0 radical (unpaired) electrons. The van der Waals surface area contributed by atoms with E-state index < -0.39 is 0 Å². The van der Waals surface area contributed by atoms with Crippen LogP contribution in [0.5, 0.6) is 0 Å². The number of aryl methyl sites for hydroxylation is 1. The quantitative estimate of drug-likeness (QED) is 0.704. The van der Waals surface area contributed by atoms with Crippen molar-refractivity contribution in [3.63, 3.8) is 0 Å². The van der Waals surface area contributed by atoms with Gasteiger partial charge in [0.05, 0.1) is 18.3 Å². The number of carbonyl (C=O) groups is 1. The topological polar surface area (TPSA) is 44.6 Å². The number of aromatic nitrogens is 2. The van der Waals surface area contributed by atoms with Gasteiger partial charge in [0.1, 0.15) is 0 Å². The van der Waals surface area contributed by atoms with E-state index in [2.05, 4.69) is 52.0 Å². The highest BCUT2D eigenvalue weighted by molar-refractivity contribution is 5.83. The molecule has 1 unspecified atom stereocenters. The molecule has 0 saturated carbocycles. The van der Waals surface area contributed by atoms with Crippen LogP contribution in [-0.2, 0) is 20.1 Å². The number of rotatable bonds is 4. The molecule has 1 aromatic carbocycles. The molecule has 2 aliphatic rings. The number of carbonyl (C=O) groups excluding carboxylic acids is 1. The fourth-order valence-corrected chi connectivity index (χ4v) is 4.60. The fraction of sp³-hybridized carbons (Fsp3) is 0.364. The Kier molecular flexibility index (Phi) is 4.28. The zero-order valence-electron chi connectivity index (χ0n) is 16.2. The highest BCUT2D eigenvalue weighted by Gasteiger charge is 2.40. The Hall–Kier alpha value is -2.86. The summed E-state index contributed by atoms with van der Waals surface area (Å²) in [5.41, 5.74) is 3.58. The molecule has 144 valence electrons. The Morgan fingerprint density at radius 1 is 1.04 bits per heavy atom. The van der Waals surface area contributed by atoms with E-state index in [0.29, 0.717) is 6.54 Å². The first kappa shape index (κ1) is 17.3. The van der Waals surface area contributed by atoms with Gasteiger partial charge in [-0.05, 0) is 23.8 Å². The summed E-state index contributed by atoms with van der Waals surface area (Å²) in [6.07, 6.45) is 4.03. The number of urea groups is 1. The van der Waals surface area contributed by atoms with Gasteiger partial charge in [-0.1, -0.05) is 24.3 Å². The van der Waals surface area contributed by atoms with Gasteiger partial charge in [-0.15, -0.1) is 0 Å². The van der Waals surface area contributed by atoms with Crippen LogP contribution in [0.15, 0.2) is 54.9 Å². The van der Waals surface area contributed by atoms with E-state index in [4.69, 9.17) is 0 Å². The Morgan fingerprint density at radius 3 is 2.75 bits per heavy atom. The van der Waals surface area contributed by atoms with Crippen molar-refractivity contribution in [3.8, 4) is 0 Å². The van der Waals surface area contributed by atoms with E-state index in [1.807, 2.05) is 28.0 Å². The van der Waals surface area contributed by atoms with Crippen LogP contribution in [0.3, 0.4) is 0 Å². The lowest BCUT2D eigenvalue weighted by Gasteiger charge is -2.36. The highest BCUT2D eigenvalue weighted by Crippen LogP contribution is 2.26. The number of nitrogens with zero attached hydrogens (tertiary/aromatic N) is 5. The van der Waals surface area contributed by atoms with Gasteiger partial charge < -0.3 is 14.4 Å². The summed E-state index contributed by atoms with van der Waals surface area (Å²) >= 11 is 0. The average Bonchev–Trinajstić information content (AvgIpc) is 3.20. The predicted molar refractivity (Wildman–Crippen MR) is 109 cm³/mol. The number of fused-ring (bicyclic) bond motifs is 2. The third kappa shape index (κ3) is 3.03. The summed E-state index contributed by atoms with van der Waals surface area (Å²) in [7, 11) is 2.11. The van der Waals surface area contributed by atoms with Crippen LogP contribution >= 0.6 is 0 Å². The van der Waals surface area contributed by atoms with Crippen LogP contribution < -0.4 is 0 Å². The number of benzene rings is 1. The normalized spacial score (nSPS) is 20.2. The van der Waals surface area contributed by atoms with Crippen LogP contribution in [-0.4, -0.2) is 62.5 Å². The van der Waals surface area contributed by atoms with Crippen LogP contribution in [0.2, 0.25) is 0 Å². The van der Waals surface area contributed by atoms with Crippen LogP contribution in [0.1, 0.15) is 11.3 Å². The molecule has 2 aliphatic heterocycles. The van der Waals surface area contributed by atoms with E-state index in [1.165, 1.54) is 16.5 Å². The van der Waals surface area contributed by atoms with Crippen molar-refractivity contribution >= 4 is 16.9 Å². The SMILES string of the molecule is Cn1cc(CN2CCN3C(=O)N(Cc4ccccn4)CC3C2)c2ccccc21. The molecule has 4 heterocycles. The van der Waals surface area contributed by atoms with Crippen molar-refractivity contribution in [1.82, 2.24) is 24.3 Å². The van der Waals surface area contributed by atoms with Gasteiger partial charge >= 0.3 is 6.03 Å². The summed E-state index contributed by atoms with van der Waals surface area (Å²) < 4.78 is 2.20. The van der Waals surface area contributed by atoms with Gasteiger partial charge in [-0.2, -0.15) is 0 Å². The van der Waals surface area contributed by atoms with Gasteiger partial charge in [0.15, 0.2) is 0 Å². The Labute approximate surface area is 165 Å². The maximum Gasteiger partial charge on any atom is 0.320 e. The molecule has 2 amide bonds. The number of piperazine rings is 1. The minimum absolute atomic E-state index is 0.153. The second-order valence-corrected chi connectivity index (χ2v) is 7.85. The minimum atomic E-state index is 0.153. The highest BCUT2D eigenvalue weighted by atomic mass is 16.2. The third-order valence-electron chi connectivity index (χ3n) is 5.97. The van der Waals surface area contributed by atoms with Gasteiger partial charge in [-0.25, -0.2) is 4.79 Å². The van der Waals surface area contributed by atoms with Crippen molar-refractivity contribution < 1.29 is 4.79 Å². The number of hydrogen-bond donors (Lipinski definition) is 0. The zero-order valence-corrected chi connectivity index (χ0v) is 16.2. The van der Waals surface area contributed by atoms with E-state index in [1.54, 1.807) is 6.20 Å². The maximum atomic E-state index is 12.8. The first-order valence-corrected chi connectivity index (χ1v) is 9.90. The van der Waals surface area contributed by atoms with Crippen molar-refractivity contribution in [2.45, 2.75) is 19.1 Å². The van der Waals surface area contributed by atoms with Gasteiger partial charge in [0, 0.05) is 63.1 Å². The lowest BCUT2D eigenvalue weighted by molar-refractivity contribution is 0.116. The van der Waals surface area contributed by atoms with Gasteiger partial charge in [-0.3, -0.25) is 9.88 Å². The molecule has 0 bridgehead atoms. The standard InChI is InChI=1S/C22H25N5O/c1-24-12-17(20-7-2-3-8-21(20)24)13-25-10-11-27-19(15-25)16-26(22(27)28)14-18-6-4-5-9-23-18/h2-9,12,19H,10-11,13-16H2,1H3. The molecule has 6 heteroatoms. The number of pyridine rings is 1. The fourth-order valence-electron chi connectivity index (χ4n) is 4.60. The van der Waals surface area contributed by atoms with Crippen molar-refractivity contribution in [2.24, 2.45) is 7.05 Å². The molecule has 2 aromatic heterocycles. The van der Waals surface area contributed by atoms with Crippen LogP contribution in [0.25, 0.3) is 10.9 Å². The average molecular weight is 375 g/mol. The number of para-hydroxylation sites is 1. The molecular weight excluding hydrogens is 350 g/mol.